The lowest BCUT2D eigenvalue weighted by molar-refractivity contribution is -0.304. The Morgan fingerprint density at radius 2 is 1.40 bits per heavy atom. The summed E-state index contributed by atoms with van der Waals surface area (Å²) >= 11 is 0. The van der Waals surface area contributed by atoms with Gasteiger partial charge >= 0.3 is 18.4 Å². The molecule has 0 aliphatic carbocycles. The van der Waals surface area contributed by atoms with Crippen LogP contribution in [0.4, 0.5) is 31.1 Å². The van der Waals surface area contributed by atoms with Gasteiger partial charge in [0, 0.05) is 5.56 Å². The number of hydrogen-bond acceptors (Lipinski definition) is 3. The predicted molar refractivity (Wildman–Crippen MR) is 95.9 cm³/mol. The van der Waals surface area contributed by atoms with E-state index in [1.165, 1.54) is 18.2 Å². The largest absolute Gasteiger partial charge is 0.420 e. The summed E-state index contributed by atoms with van der Waals surface area (Å²) in [5, 5.41) is 0.559. The van der Waals surface area contributed by atoms with Gasteiger partial charge in [0.1, 0.15) is 0 Å². The van der Waals surface area contributed by atoms with E-state index in [1.807, 2.05) is 0 Å². The Morgan fingerprint density at radius 1 is 0.900 bits per heavy atom. The van der Waals surface area contributed by atoms with E-state index < -0.39 is 36.3 Å². The Morgan fingerprint density at radius 3 is 1.90 bits per heavy atom. The maximum atomic E-state index is 13.2. The lowest BCUT2D eigenvalue weighted by Crippen LogP contribution is -2.69. The van der Waals surface area contributed by atoms with Gasteiger partial charge in [-0.3, -0.25) is 4.79 Å². The van der Waals surface area contributed by atoms with Crippen molar-refractivity contribution in [3.8, 4) is 11.1 Å². The molecule has 5 nitrogen and oxygen atoms in total. The number of nitrogens with zero attached hydrogens (tertiary/aromatic N) is 1. The topological polar surface area (TPSA) is 75.4 Å². The molecular formula is C19H17F6N3O2. The molecule has 0 fully saturated rings. The molecule has 0 atom stereocenters. The zero-order valence-electron chi connectivity index (χ0n) is 15.5. The quantitative estimate of drug-likeness (QED) is 0.319. The van der Waals surface area contributed by atoms with Crippen LogP contribution in [0, 0.1) is 0 Å². The number of benzene rings is 2. The lowest BCUT2D eigenvalue weighted by atomic mass is 9.94. The number of carbonyl (C=O) groups excluding carboxylic acids is 2. The van der Waals surface area contributed by atoms with E-state index in [0.717, 1.165) is 5.32 Å². The fraction of sp³-hybridized carbons (Fsp3) is 0.263. The van der Waals surface area contributed by atoms with Crippen LogP contribution in [-0.2, 0) is 0 Å². The van der Waals surface area contributed by atoms with Crippen molar-refractivity contribution in [3.05, 3.63) is 60.2 Å². The molecule has 0 spiro atoms. The molecule has 0 unspecified atom stereocenters. The minimum absolute atomic E-state index is 0.178. The Labute approximate surface area is 167 Å². The maximum absolute atomic E-state index is 13.2. The summed E-state index contributed by atoms with van der Waals surface area (Å²) < 4.78 is 79.4. The van der Waals surface area contributed by atoms with E-state index in [-0.39, 0.29) is 10.6 Å². The zero-order valence-corrected chi connectivity index (χ0v) is 15.5. The van der Waals surface area contributed by atoms with Gasteiger partial charge in [0.05, 0.1) is 0 Å². The van der Waals surface area contributed by atoms with Crippen LogP contribution in [-0.4, -0.2) is 34.8 Å². The second-order valence-electron chi connectivity index (χ2n) is 6.27. The van der Waals surface area contributed by atoms with Crippen molar-refractivity contribution in [1.29, 1.82) is 0 Å². The minimum Gasteiger partial charge on any atom is -0.315 e. The number of nitrogens with two attached hydrogens (primary N) is 1. The highest BCUT2D eigenvalue weighted by Crippen LogP contribution is 2.45. The van der Waals surface area contributed by atoms with Crippen LogP contribution in [0.3, 0.4) is 0 Å². The molecule has 0 bridgehead atoms. The normalized spacial score (nSPS) is 12.4. The Kier molecular flexibility index (Phi) is 6.45. The number of hydrogen-bond donors (Lipinski definition) is 2. The summed E-state index contributed by atoms with van der Waals surface area (Å²) in [6.07, 6.45) is -13.3. The first-order chi connectivity index (χ1) is 13.9. The summed E-state index contributed by atoms with van der Waals surface area (Å²) in [4.78, 5) is 24.8. The summed E-state index contributed by atoms with van der Waals surface area (Å²) in [5.74, 6) is 4.05. The first-order valence-electron chi connectivity index (χ1n) is 8.55. The summed E-state index contributed by atoms with van der Waals surface area (Å²) in [5.41, 5.74) is -3.92. The third kappa shape index (κ3) is 4.25. The van der Waals surface area contributed by atoms with Crippen molar-refractivity contribution in [2.45, 2.75) is 31.2 Å². The van der Waals surface area contributed by atoms with E-state index in [0.29, 0.717) is 18.1 Å². The average Bonchev–Trinajstić information content (AvgIpc) is 2.69. The number of rotatable bonds is 4. The van der Waals surface area contributed by atoms with Crippen molar-refractivity contribution >= 4 is 11.9 Å². The van der Waals surface area contributed by atoms with Gasteiger partial charge in [-0.2, -0.15) is 31.4 Å². The Balaban J connectivity index is 2.39. The number of hydrazine groups is 1. The van der Waals surface area contributed by atoms with Crippen LogP contribution in [0.15, 0.2) is 54.6 Å². The standard InChI is InChI=1S/C19H17F6N3O2/c1-2-17(18(20,21)22,19(23,24)25)27-16(30)28(26)15(29)14-11-7-6-10-13(14)12-8-4-3-5-9-12/h3-11H,2,26H2,1H3,(H,27,30). The second kappa shape index (κ2) is 8.34. The van der Waals surface area contributed by atoms with E-state index >= 15 is 0 Å². The van der Waals surface area contributed by atoms with Gasteiger partial charge in [-0.15, -0.1) is 0 Å². The highest BCUT2D eigenvalue weighted by atomic mass is 19.4. The van der Waals surface area contributed by atoms with Gasteiger partial charge < -0.3 is 5.32 Å². The molecule has 30 heavy (non-hydrogen) atoms. The maximum Gasteiger partial charge on any atom is 0.420 e. The highest BCUT2D eigenvalue weighted by molar-refractivity contribution is 6.07. The highest BCUT2D eigenvalue weighted by Gasteiger charge is 2.71. The van der Waals surface area contributed by atoms with Gasteiger partial charge in [-0.1, -0.05) is 55.5 Å². The van der Waals surface area contributed by atoms with Crippen molar-refractivity contribution in [3.63, 3.8) is 0 Å². The smallest absolute Gasteiger partial charge is 0.315 e. The molecule has 162 valence electrons. The van der Waals surface area contributed by atoms with E-state index in [9.17, 15) is 35.9 Å². The van der Waals surface area contributed by atoms with Crippen molar-refractivity contribution < 1.29 is 35.9 Å². The molecule has 2 rings (SSSR count). The van der Waals surface area contributed by atoms with Crippen LogP contribution in [0.1, 0.15) is 23.7 Å². The summed E-state index contributed by atoms with van der Waals surface area (Å²) in [6.45, 7) is 0.606. The fourth-order valence-corrected chi connectivity index (χ4v) is 2.80. The first-order valence-corrected chi connectivity index (χ1v) is 8.55. The number of amides is 3. The monoisotopic (exact) mass is 433 g/mol. The number of urea groups is 1. The van der Waals surface area contributed by atoms with Crippen LogP contribution in [0.25, 0.3) is 11.1 Å². The Hall–Kier alpha value is -3.08. The van der Waals surface area contributed by atoms with Gasteiger partial charge in [-0.25, -0.2) is 10.6 Å². The number of imide groups is 1. The molecule has 2 aromatic carbocycles. The molecule has 3 N–H and O–H groups in total. The van der Waals surface area contributed by atoms with E-state index in [2.05, 4.69) is 0 Å². The van der Waals surface area contributed by atoms with Crippen molar-refractivity contribution in [2.24, 2.45) is 5.84 Å². The third-order valence-corrected chi connectivity index (χ3v) is 4.50. The van der Waals surface area contributed by atoms with Gasteiger partial charge in [0.25, 0.3) is 5.91 Å². The van der Waals surface area contributed by atoms with Crippen LogP contribution in [0.5, 0.6) is 0 Å². The molecule has 0 radical (unpaired) electrons. The zero-order chi connectivity index (χ0) is 22.7. The third-order valence-electron chi connectivity index (χ3n) is 4.50. The molecular weight excluding hydrogens is 416 g/mol. The second-order valence-corrected chi connectivity index (χ2v) is 6.27. The summed E-state index contributed by atoms with van der Waals surface area (Å²) in [6, 6.07) is 12.0. The minimum atomic E-state index is -5.87. The SMILES string of the molecule is CCC(NC(=O)N(N)C(=O)c1ccccc1-c1ccccc1)(C(F)(F)F)C(F)(F)F. The van der Waals surface area contributed by atoms with Crippen molar-refractivity contribution in [2.75, 3.05) is 0 Å². The molecule has 11 heteroatoms. The van der Waals surface area contributed by atoms with Gasteiger partial charge in [0.2, 0.25) is 5.54 Å². The molecule has 0 saturated carbocycles. The van der Waals surface area contributed by atoms with Crippen LogP contribution >= 0.6 is 0 Å². The van der Waals surface area contributed by atoms with Crippen LogP contribution < -0.4 is 11.2 Å². The molecule has 0 heterocycles. The summed E-state index contributed by atoms with van der Waals surface area (Å²) in [7, 11) is 0. The first kappa shape index (κ1) is 23.2. The molecule has 0 saturated heterocycles. The molecule has 0 aliphatic heterocycles. The predicted octanol–water partition coefficient (Wildman–Crippen LogP) is 4.65. The average molecular weight is 433 g/mol. The number of nitrogens with one attached hydrogen (secondary N) is 1. The molecule has 0 aliphatic rings. The van der Waals surface area contributed by atoms with Gasteiger partial charge in [-0.05, 0) is 23.6 Å². The lowest BCUT2D eigenvalue weighted by Gasteiger charge is -2.37. The fourth-order valence-electron chi connectivity index (χ4n) is 2.80. The van der Waals surface area contributed by atoms with Gasteiger partial charge in [0.15, 0.2) is 0 Å². The number of alkyl halides is 6. The van der Waals surface area contributed by atoms with E-state index in [1.54, 1.807) is 36.4 Å². The number of carbonyl (C=O) groups is 2. The van der Waals surface area contributed by atoms with Crippen molar-refractivity contribution in [1.82, 2.24) is 10.3 Å². The van der Waals surface area contributed by atoms with Crippen LogP contribution in [0.2, 0.25) is 0 Å². The molecule has 0 aromatic heterocycles. The molecule has 2 aromatic rings. The Bertz CT molecular complexity index is 898. The van der Waals surface area contributed by atoms with E-state index in [4.69, 9.17) is 5.84 Å². The molecule has 3 amide bonds. The number of halogens is 6.